The Kier molecular flexibility index (Phi) is 2.09. The first-order valence-electron chi connectivity index (χ1n) is 3.37. The molecule has 4 heteroatoms. The van der Waals surface area contributed by atoms with Gasteiger partial charge in [0.05, 0.1) is 11.4 Å². The second-order valence-electron chi connectivity index (χ2n) is 2.17. The highest BCUT2D eigenvalue weighted by molar-refractivity contribution is 5.64. The van der Waals surface area contributed by atoms with Crippen molar-refractivity contribution in [2.75, 3.05) is 11.5 Å². The van der Waals surface area contributed by atoms with Gasteiger partial charge < -0.3 is 11.5 Å². The number of aromatic nitrogens is 2. The van der Waals surface area contributed by atoms with E-state index in [4.69, 9.17) is 11.5 Å². The van der Waals surface area contributed by atoms with Crippen LogP contribution >= 0.6 is 0 Å². The third-order valence-corrected chi connectivity index (χ3v) is 1.39. The zero-order chi connectivity index (χ0) is 9.14. The molecule has 1 rings (SSSR count). The highest BCUT2D eigenvalue weighted by Gasteiger charge is 2.03. The Morgan fingerprint density at radius 1 is 0.917 bits per heavy atom. The van der Waals surface area contributed by atoms with Crippen molar-refractivity contribution < 1.29 is 0 Å². The van der Waals surface area contributed by atoms with E-state index in [0.29, 0.717) is 11.4 Å². The highest BCUT2D eigenvalue weighted by atomic mass is 15.0. The predicted molar refractivity (Wildman–Crippen MR) is 51.0 cm³/mol. The van der Waals surface area contributed by atoms with Gasteiger partial charge in [-0.3, -0.25) is 0 Å². The average molecular weight is 162 g/mol. The maximum Gasteiger partial charge on any atom is 0.166 e. The smallest absolute Gasteiger partial charge is 0.166 e. The first-order chi connectivity index (χ1) is 5.69. The summed E-state index contributed by atoms with van der Waals surface area (Å²) in [4.78, 5) is 7.93. The molecular formula is C8H10N4. The summed E-state index contributed by atoms with van der Waals surface area (Å²) in [5.74, 6) is 0.436. The summed E-state index contributed by atoms with van der Waals surface area (Å²) in [7, 11) is 0. The summed E-state index contributed by atoms with van der Waals surface area (Å²) in [5, 5.41) is 0. The lowest BCUT2D eigenvalue weighted by molar-refractivity contribution is 1.18. The molecule has 1 aromatic heterocycles. The van der Waals surface area contributed by atoms with E-state index in [0.717, 1.165) is 0 Å². The van der Waals surface area contributed by atoms with Gasteiger partial charge in [-0.1, -0.05) is 13.2 Å². The van der Waals surface area contributed by atoms with E-state index >= 15 is 0 Å². The molecule has 0 spiro atoms. The summed E-state index contributed by atoms with van der Waals surface area (Å²) in [6, 6.07) is 0. The largest absolute Gasteiger partial charge is 0.381 e. The average Bonchev–Trinajstić information content (AvgIpc) is 2.09. The van der Waals surface area contributed by atoms with E-state index < -0.39 is 0 Å². The lowest BCUT2D eigenvalue weighted by Crippen LogP contribution is -2.04. The molecule has 0 aliphatic rings. The van der Waals surface area contributed by atoms with Crippen molar-refractivity contribution in [2.24, 2.45) is 0 Å². The van der Waals surface area contributed by atoms with Crippen LogP contribution in [0.3, 0.4) is 0 Å². The monoisotopic (exact) mass is 162 g/mol. The summed E-state index contributed by atoms with van der Waals surface area (Å²) < 4.78 is 0. The normalized spacial score (nSPS) is 9.33. The van der Waals surface area contributed by atoms with Gasteiger partial charge in [0.25, 0.3) is 0 Å². The molecule has 0 fully saturated rings. The number of hydrogen-bond donors (Lipinski definition) is 2. The SMILES string of the molecule is C=Cc1nc(N)c(N)nc1C=C. The van der Waals surface area contributed by atoms with Crippen LogP contribution in [0.25, 0.3) is 12.2 Å². The Morgan fingerprint density at radius 3 is 1.50 bits per heavy atom. The Hall–Kier alpha value is -1.84. The quantitative estimate of drug-likeness (QED) is 0.678. The van der Waals surface area contributed by atoms with Crippen LogP contribution in [0.5, 0.6) is 0 Å². The fraction of sp³-hybridized carbons (Fsp3) is 0. The van der Waals surface area contributed by atoms with Crippen LogP contribution in [-0.2, 0) is 0 Å². The molecule has 1 aromatic rings. The van der Waals surface area contributed by atoms with Crippen molar-refractivity contribution in [3.8, 4) is 0 Å². The minimum Gasteiger partial charge on any atom is -0.381 e. The number of nitrogen functional groups attached to an aromatic ring is 2. The second-order valence-corrected chi connectivity index (χ2v) is 2.17. The molecular weight excluding hydrogens is 152 g/mol. The molecule has 0 atom stereocenters. The molecule has 0 amide bonds. The predicted octanol–water partition coefficient (Wildman–Crippen LogP) is 0.927. The van der Waals surface area contributed by atoms with Crippen molar-refractivity contribution in [3.05, 3.63) is 24.5 Å². The molecule has 0 saturated carbocycles. The van der Waals surface area contributed by atoms with Gasteiger partial charge >= 0.3 is 0 Å². The lowest BCUT2D eigenvalue weighted by atomic mass is 10.3. The number of nitrogens with zero attached hydrogens (tertiary/aromatic N) is 2. The molecule has 0 bridgehead atoms. The first-order valence-corrected chi connectivity index (χ1v) is 3.37. The van der Waals surface area contributed by atoms with E-state index in [9.17, 15) is 0 Å². The molecule has 0 saturated heterocycles. The van der Waals surface area contributed by atoms with Gasteiger partial charge in [0.2, 0.25) is 0 Å². The maximum absolute atomic E-state index is 5.44. The minimum atomic E-state index is 0.218. The summed E-state index contributed by atoms with van der Waals surface area (Å²) in [5.41, 5.74) is 12.1. The Labute approximate surface area is 70.6 Å². The molecule has 1 heterocycles. The number of hydrogen-bond acceptors (Lipinski definition) is 4. The fourth-order valence-corrected chi connectivity index (χ4v) is 0.789. The molecule has 4 N–H and O–H groups in total. The van der Waals surface area contributed by atoms with E-state index in [1.165, 1.54) is 0 Å². The van der Waals surface area contributed by atoms with Crippen molar-refractivity contribution in [2.45, 2.75) is 0 Å². The van der Waals surface area contributed by atoms with E-state index in [1.807, 2.05) is 0 Å². The molecule has 0 aliphatic carbocycles. The van der Waals surface area contributed by atoms with E-state index in [1.54, 1.807) is 12.2 Å². The van der Waals surface area contributed by atoms with Gasteiger partial charge in [0.1, 0.15) is 0 Å². The van der Waals surface area contributed by atoms with Crippen LogP contribution in [0.1, 0.15) is 11.4 Å². The highest BCUT2D eigenvalue weighted by Crippen LogP contribution is 2.13. The van der Waals surface area contributed by atoms with Crippen LogP contribution in [0.15, 0.2) is 13.2 Å². The van der Waals surface area contributed by atoms with Crippen LogP contribution < -0.4 is 11.5 Å². The number of anilines is 2. The Morgan fingerprint density at radius 2 is 1.25 bits per heavy atom. The van der Waals surface area contributed by atoms with Gasteiger partial charge in [-0.05, 0) is 12.2 Å². The molecule has 0 aliphatic heterocycles. The zero-order valence-corrected chi connectivity index (χ0v) is 6.62. The van der Waals surface area contributed by atoms with Crippen LogP contribution in [0, 0.1) is 0 Å². The van der Waals surface area contributed by atoms with Crippen LogP contribution in [-0.4, -0.2) is 9.97 Å². The summed E-state index contributed by atoms with van der Waals surface area (Å²) >= 11 is 0. The summed E-state index contributed by atoms with van der Waals surface area (Å²) in [6.45, 7) is 7.13. The van der Waals surface area contributed by atoms with E-state index in [2.05, 4.69) is 23.1 Å². The first kappa shape index (κ1) is 8.26. The van der Waals surface area contributed by atoms with Crippen molar-refractivity contribution >= 4 is 23.8 Å². The van der Waals surface area contributed by atoms with Crippen molar-refractivity contribution in [3.63, 3.8) is 0 Å². The summed E-state index contributed by atoms with van der Waals surface area (Å²) in [6.07, 6.45) is 3.11. The van der Waals surface area contributed by atoms with Gasteiger partial charge in [0, 0.05) is 0 Å². The molecule has 12 heavy (non-hydrogen) atoms. The molecule has 0 radical (unpaired) electrons. The minimum absolute atomic E-state index is 0.218. The Balaban J connectivity index is 3.37. The van der Waals surface area contributed by atoms with Gasteiger partial charge in [-0.2, -0.15) is 0 Å². The number of rotatable bonds is 2. The number of nitrogens with two attached hydrogens (primary N) is 2. The molecule has 0 unspecified atom stereocenters. The fourth-order valence-electron chi connectivity index (χ4n) is 0.789. The van der Waals surface area contributed by atoms with Gasteiger partial charge in [0.15, 0.2) is 11.6 Å². The van der Waals surface area contributed by atoms with Gasteiger partial charge in [-0.15, -0.1) is 0 Å². The maximum atomic E-state index is 5.44. The molecule has 62 valence electrons. The molecule has 4 nitrogen and oxygen atoms in total. The van der Waals surface area contributed by atoms with Crippen LogP contribution in [0.4, 0.5) is 11.6 Å². The third-order valence-electron chi connectivity index (χ3n) is 1.39. The third kappa shape index (κ3) is 1.27. The second kappa shape index (κ2) is 3.04. The standard InChI is InChI=1S/C8H10N4/c1-3-5-6(4-2)12-8(10)7(9)11-5/h3-4H,1-2H2,(H2,9,11)(H2,10,12). The van der Waals surface area contributed by atoms with Crippen molar-refractivity contribution in [1.82, 2.24) is 9.97 Å². The zero-order valence-electron chi connectivity index (χ0n) is 6.62. The Bertz CT molecular complexity index is 297. The van der Waals surface area contributed by atoms with Gasteiger partial charge in [-0.25, -0.2) is 9.97 Å². The van der Waals surface area contributed by atoms with Crippen molar-refractivity contribution in [1.29, 1.82) is 0 Å². The molecule has 0 aromatic carbocycles. The van der Waals surface area contributed by atoms with E-state index in [-0.39, 0.29) is 11.6 Å². The topological polar surface area (TPSA) is 77.8 Å². The van der Waals surface area contributed by atoms with Crippen LogP contribution in [0.2, 0.25) is 0 Å². The lowest BCUT2D eigenvalue weighted by Gasteiger charge is -2.02.